The van der Waals surface area contributed by atoms with Crippen molar-refractivity contribution in [1.29, 1.82) is 0 Å². The zero-order valence-corrected chi connectivity index (χ0v) is 14.5. The standard InChI is InChI=1S/C18H29N3O2/c1-4-19-17(20-12-13-23-5-2)21-14-18(10-11-18)15-8-6-7-9-16(15)22-3/h6-9H,4-5,10-14H2,1-3H3,(H2,19,20,21). The summed E-state index contributed by atoms with van der Waals surface area (Å²) in [5, 5.41) is 6.61. The molecule has 0 aliphatic heterocycles. The number of nitrogens with zero attached hydrogens (tertiary/aromatic N) is 1. The summed E-state index contributed by atoms with van der Waals surface area (Å²) in [5.74, 6) is 1.82. The molecule has 1 aromatic rings. The molecule has 0 saturated heterocycles. The summed E-state index contributed by atoms with van der Waals surface area (Å²) in [5.41, 5.74) is 1.41. The molecule has 1 aromatic carbocycles. The van der Waals surface area contributed by atoms with E-state index < -0.39 is 0 Å². The van der Waals surface area contributed by atoms with Gasteiger partial charge in [-0.3, -0.25) is 4.99 Å². The van der Waals surface area contributed by atoms with Crippen molar-refractivity contribution in [3.8, 4) is 5.75 Å². The molecule has 128 valence electrons. The number of hydrogen-bond acceptors (Lipinski definition) is 3. The normalized spacial score (nSPS) is 16.0. The third-order valence-corrected chi connectivity index (χ3v) is 4.16. The van der Waals surface area contributed by atoms with Gasteiger partial charge in [0, 0.05) is 30.7 Å². The molecule has 2 N–H and O–H groups in total. The van der Waals surface area contributed by atoms with E-state index in [1.54, 1.807) is 7.11 Å². The highest BCUT2D eigenvalue weighted by Crippen LogP contribution is 2.51. The van der Waals surface area contributed by atoms with Crippen LogP contribution in [0, 0.1) is 0 Å². The Morgan fingerprint density at radius 1 is 1.22 bits per heavy atom. The van der Waals surface area contributed by atoms with E-state index in [1.165, 1.54) is 5.56 Å². The fourth-order valence-electron chi connectivity index (χ4n) is 2.70. The van der Waals surface area contributed by atoms with E-state index in [-0.39, 0.29) is 5.41 Å². The number of methoxy groups -OCH3 is 1. The van der Waals surface area contributed by atoms with Crippen molar-refractivity contribution < 1.29 is 9.47 Å². The van der Waals surface area contributed by atoms with Crippen LogP contribution in [0.4, 0.5) is 0 Å². The van der Waals surface area contributed by atoms with Gasteiger partial charge in [-0.15, -0.1) is 0 Å². The number of nitrogens with one attached hydrogen (secondary N) is 2. The summed E-state index contributed by atoms with van der Waals surface area (Å²) in [7, 11) is 1.73. The van der Waals surface area contributed by atoms with E-state index in [2.05, 4.69) is 29.7 Å². The second-order valence-electron chi connectivity index (χ2n) is 5.80. The van der Waals surface area contributed by atoms with Crippen LogP contribution < -0.4 is 15.4 Å². The van der Waals surface area contributed by atoms with Gasteiger partial charge in [-0.1, -0.05) is 18.2 Å². The van der Waals surface area contributed by atoms with Gasteiger partial charge in [-0.25, -0.2) is 0 Å². The van der Waals surface area contributed by atoms with Gasteiger partial charge in [0.25, 0.3) is 0 Å². The smallest absolute Gasteiger partial charge is 0.191 e. The Hall–Kier alpha value is -1.75. The average Bonchev–Trinajstić information content (AvgIpc) is 3.37. The topological polar surface area (TPSA) is 54.9 Å². The van der Waals surface area contributed by atoms with Crippen LogP contribution in [0.25, 0.3) is 0 Å². The molecular weight excluding hydrogens is 290 g/mol. The van der Waals surface area contributed by atoms with E-state index in [1.807, 2.05) is 19.1 Å². The van der Waals surface area contributed by atoms with Gasteiger partial charge < -0.3 is 20.1 Å². The summed E-state index contributed by atoms with van der Waals surface area (Å²) in [6.45, 7) is 7.90. The highest BCUT2D eigenvalue weighted by Gasteiger charge is 2.46. The first-order chi connectivity index (χ1) is 11.3. The second kappa shape index (κ2) is 8.77. The summed E-state index contributed by atoms with van der Waals surface area (Å²) >= 11 is 0. The zero-order chi connectivity index (χ0) is 16.5. The zero-order valence-electron chi connectivity index (χ0n) is 14.5. The predicted octanol–water partition coefficient (Wildman–Crippen LogP) is 2.32. The van der Waals surface area contributed by atoms with Gasteiger partial charge in [0.05, 0.1) is 20.3 Å². The van der Waals surface area contributed by atoms with Gasteiger partial charge in [0.2, 0.25) is 0 Å². The van der Waals surface area contributed by atoms with Gasteiger partial charge in [-0.2, -0.15) is 0 Å². The minimum atomic E-state index is 0.134. The Bertz CT molecular complexity index is 513. The molecule has 1 aliphatic rings. The summed E-state index contributed by atoms with van der Waals surface area (Å²) < 4.78 is 10.9. The first-order valence-electron chi connectivity index (χ1n) is 8.49. The Kier molecular flexibility index (Phi) is 6.71. The molecule has 0 amide bonds. The number of guanidine groups is 1. The van der Waals surface area contributed by atoms with Crippen LogP contribution in [0.1, 0.15) is 32.3 Å². The molecule has 0 bridgehead atoms. The highest BCUT2D eigenvalue weighted by atomic mass is 16.5. The predicted molar refractivity (Wildman–Crippen MR) is 94.4 cm³/mol. The number of benzene rings is 1. The summed E-state index contributed by atoms with van der Waals surface area (Å²) in [6.07, 6.45) is 2.32. The maximum Gasteiger partial charge on any atom is 0.191 e. The molecule has 1 aliphatic carbocycles. The van der Waals surface area contributed by atoms with Crippen molar-refractivity contribution in [2.45, 2.75) is 32.1 Å². The Morgan fingerprint density at radius 2 is 2.00 bits per heavy atom. The number of ether oxygens (including phenoxy) is 2. The summed E-state index contributed by atoms with van der Waals surface area (Å²) in [4.78, 5) is 4.78. The van der Waals surface area contributed by atoms with Crippen molar-refractivity contribution in [1.82, 2.24) is 10.6 Å². The average molecular weight is 319 g/mol. The molecule has 0 atom stereocenters. The molecule has 2 rings (SSSR count). The van der Waals surface area contributed by atoms with Crippen molar-refractivity contribution in [3.05, 3.63) is 29.8 Å². The molecule has 5 heteroatoms. The van der Waals surface area contributed by atoms with Gasteiger partial charge in [0.1, 0.15) is 5.75 Å². The molecule has 5 nitrogen and oxygen atoms in total. The molecular formula is C18H29N3O2. The number of rotatable bonds is 9. The third-order valence-electron chi connectivity index (χ3n) is 4.16. The first-order valence-corrected chi connectivity index (χ1v) is 8.49. The van der Waals surface area contributed by atoms with E-state index in [4.69, 9.17) is 14.5 Å². The Labute approximate surface area is 139 Å². The quantitative estimate of drug-likeness (QED) is 0.417. The van der Waals surface area contributed by atoms with E-state index in [0.717, 1.165) is 50.8 Å². The Balaban J connectivity index is 2.00. The van der Waals surface area contributed by atoms with Crippen LogP contribution >= 0.6 is 0 Å². The molecule has 1 saturated carbocycles. The van der Waals surface area contributed by atoms with Gasteiger partial charge in [-0.05, 0) is 32.8 Å². The van der Waals surface area contributed by atoms with Crippen LogP contribution in [0.15, 0.2) is 29.3 Å². The molecule has 23 heavy (non-hydrogen) atoms. The lowest BCUT2D eigenvalue weighted by Gasteiger charge is -2.18. The largest absolute Gasteiger partial charge is 0.496 e. The lowest BCUT2D eigenvalue weighted by atomic mass is 9.95. The molecule has 0 spiro atoms. The fourth-order valence-corrected chi connectivity index (χ4v) is 2.70. The van der Waals surface area contributed by atoms with Crippen molar-refractivity contribution >= 4 is 5.96 Å². The van der Waals surface area contributed by atoms with Crippen LogP contribution in [0.5, 0.6) is 5.75 Å². The van der Waals surface area contributed by atoms with Crippen LogP contribution in [-0.4, -0.2) is 45.9 Å². The SMILES string of the molecule is CCNC(=NCC1(c2ccccc2OC)CC1)NCCOCC. The lowest BCUT2D eigenvalue weighted by Crippen LogP contribution is -2.39. The number of aliphatic imine (C=N–C) groups is 1. The van der Waals surface area contributed by atoms with Crippen LogP contribution in [0.2, 0.25) is 0 Å². The van der Waals surface area contributed by atoms with Gasteiger partial charge >= 0.3 is 0 Å². The van der Waals surface area contributed by atoms with E-state index in [0.29, 0.717) is 6.61 Å². The second-order valence-corrected chi connectivity index (χ2v) is 5.80. The number of hydrogen-bond donors (Lipinski definition) is 2. The number of para-hydroxylation sites is 1. The van der Waals surface area contributed by atoms with Crippen LogP contribution in [-0.2, 0) is 10.2 Å². The maximum absolute atomic E-state index is 5.52. The maximum atomic E-state index is 5.52. The molecule has 0 radical (unpaired) electrons. The summed E-state index contributed by atoms with van der Waals surface area (Å²) in [6, 6.07) is 8.29. The first kappa shape index (κ1) is 17.6. The lowest BCUT2D eigenvalue weighted by molar-refractivity contribution is 0.152. The minimum absolute atomic E-state index is 0.134. The fraction of sp³-hybridized carbons (Fsp3) is 0.611. The molecule has 1 fully saturated rings. The third kappa shape index (κ3) is 4.86. The minimum Gasteiger partial charge on any atom is -0.496 e. The monoisotopic (exact) mass is 319 g/mol. The molecule has 0 unspecified atom stereocenters. The van der Waals surface area contributed by atoms with Crippen molar-refractivity contribution in [2.75, 3.05) is 40.0 Å². The van der Waals surface area contributed by atoms with Gasteiger partial charge in [0.15, 0.2) is 5.96 Å². The van der Waals surface area contributed by atoms with Crippen molar-refractivity contribution in [2.24, 2.45) is 4.99 Å². The molecule has 0 heterocycles. The molecule has 0 aromatic heterocycles. The Morgan fingerprint density at radius 3 is 2.65 bits per heavy atom. The van der Waals surface area contributed by atoms with Crippen molar-refractivity contribution in [3.63, 3.8) is 0 Å². The van der Waals surface area contributed by atoms with E-state index in [9.17, 15) is 0 Å². The van der Waals surface area contributed by atoms with Crippen LogP contribution in [0.3, 0.4) is 0 Å². The highest BCUT2D eigenvalue weighted by molar-refractivity contribution is 5.79. The van der Waals surface area contributed by atoms with E-state index >= 15 is 0 Å².